The van der Waals surface area contributed by atoms with Gasteiger partial charge in [-0.1, -0.05) is 26.8 Å². The summed E-state index contributed by atoms with van der Waals surface area (Å²) >= 11 is 1.91. The topological polar surface area (TPSA) is 44.5 Å². The van der Waals surface area contributed by atoms with Gasteiger partial charge >= 0.3 is 0 Å². The molecule has 4 heteroatoms. The van der Waals surface area contributed by atoms with Gasteiger partial charge in [0.05, 0.1) is 14.2 Å². The Bertz CT molecular complexity index is 396. The monoisotopic (exact) mass is 283 g/mol. The van der Waals surface area contributed by atoms with Gasteiger partial charge in [0.2, 0.25) is 0 Å². The van der Waals surface area contributed by atoms with Crippen molar-refractivity contribution in [2.24, 2.45) is 11.7 Å². The van der Waals surface area contributed by atoms with Gasteiger partial charge in [0.1, 0.15) is 0 Å². The number of nitrogens with two attached hydrogens (primary N) is 1. The van der Waals surface area contributed by atoms with Gasteiger partial charge in [-0.2, -0.15) is 11.8 Å². The quantitative estimate of drug-likeness (QED) is 0.832. The number of methoxy groups -OCH3 is 2. The molecule has 1 aromatic rings. The first-order valence-electron chi connectivity index (χ1n) is 6.58. The Balaban J connectivity index is 2.69. The third-order valence-corrected chi connectivity index (χ3v) is 4.93. The Labute approximate surface area is 120 Å². The van der Waals surface area contributed by atoms with E-state index < -0.39 is 0 Å². The third kappa shape index (κ3) is 4.62. The number of hydrogen-bond donors (Lipinski definition) is 1. The highest BCUT2D eigenvalue weighted by Gasteiger charge is 2.14. The van der Waals surface area contributed by atoms with E-state index >= 15 is 0 Å². The summed E-state index contributed by atoms with van der Waals surface area (Å²) in [5.74, 6) is 3.05. The summed E-state index contributed by atoms with van der Waals surface area (Å²) in [6.45, 7) is 6.72. The molecule has 0 bridgehead atoms. The van der Waals surface area contributed by atoms with Crippen LogP contribution in [0.25, 0.3) is 0 Å². The average Bonchev–Trinajstić information content (AvgIpc) is 2.43. The third-order valence-electron chi connectivity index (χ3n) is 3.31. The Hall–Kier alpha value is -0.870. The van der Waals surface area contributed by atoms with Crippen LogP contribution >= 0.6 is 11.8 Å². The molecule has 0 spiro atoms. The minimum Gasteiger partial charge on any atom is -0.493 e. The molecule has 0 saturated carbocycles. The van der Waals surface area contributed by atoms with Crippen LogP contribution in [0.4, 0.5) is 0 Å². The second kappa shape index (κ2) is 7.65. The molecule has 2 atom stereocenters. The first kappa shape index (κ1) is 16.2. The number of thioether (sulfide) groups is 1. The van der Waals surface area contributed by atoms with E-state index in [2.05, 4.69) is 20.8 Å². The molecule has 1 rings (SSSR count). The second-order valence-corrected chi connectivity index (χ2v) is 6.41. The molecule has 0 aliphatic rings. The summed E-state index contributed by atoms with van der Waals surface area (Å²) in [5, 5.41) is 0.617. The number of hydrogen-bond acceptors (Lipinski definition) is 4. The minimum atomic E-state index is 0.0195. The van der Waals surface area contributed by atoms with Crippen LogP contribution in [0.3, 0.4) is 0 Å². The van der Waals surface area contributed by atoms with Gasteiger partial charge in [-0.25, -0.2) is 0 Å². The molecule has 1 aromatic carbocycles. The van der Waals surface area contributed by atoms with Crippen molar-refractivity contribution in [3.8, 4) is 11.5 Å². The van der Waals surface area contributed by atoms with Crippen molar-refractivity contribution in [3.05, 3.63) is 23.8 Å². The predicted octanol–water partition coefficient (Wildman–Crippen LogP) is 3.48. The van der Waals surface area contributed by atoms with E-state index in [9.17, 15) is 0 Å². The zero-order valence-corrected chi connectivity index (χ0v) is 13.3. The van der Waals surface area contributed by atoms with Crippen LogP contribution in [0.1, 0.15) is 32.4 Å². The van der Waals surface area contributed by atoms with Crippen molar-refractivity contribution in [2.45, 2.75) is 32.1 Å². The smallest absolute Gasteiger partial charge is 0.161 e. The summed E-state index contributed by atoms with van der Waals surface area (Å²) in [7, 11) is 3.28. The maximum atomic E-state index is 6.24. The SMILES string of the molecule is COc1ccc(C(N)CSC(C)C(C)C)cc1OC. The van der Waals surface area contributed by atoms with Crippen LogP contribution in [0.2, 0.25) is 0 Å². The summed E-state index contributed by atoms with van der Waals surface area (Å²) in [6, 6.07) is 5.90. The van der Waals surface area contributed by atoms with Gasteiger partial charge in [-0.15, -0.1) is 0 Å². The van der Waals surface area contributed by atoms with E-state index in [1.807, 2.05) is 30.0 Å². The lowest BCUT2D eigenvalue weighted by molar-refractivity contribution is 0.354. The van der Waals surface area contributed by atoms with Crippen LogP contribution in [0.5, 0.6) is 11.5 Å². The number of rotatable bonds is 7. The van der Waals surface area contributed by atoms with Crippen molar-refractivity contribution in [1.29, 1.82) is 0 Å². The molecule has 0 aliphatic carbocycles. The fraction of sp³-hybridized carbons (Fsp3) is 0.600. The maximum Gasteiger partial charge on any atom is 0.161 e. The van der Waals surface area contributed by atoms with Crippen molar-refractivity contribution < 1.29 is 9.47 Å². The molecule has 0 aromatic heterocycles. The standard InChI is InChI=1S/C15H25NO2S/c1-10(2)11(3)19-9-13(16)12-6-7-14(17-4)15(8-12)18-5/h6-8,10-11,13H,9,16H2,1-5H3. The Morgan fingerprint density at radius 3 is 2.26 bits per heavy atom. The largest absolute Gasteiger partial charge is 0.493 e. The van der Waals surface area contributed by atoms with E-state index in [0.29, 0.717) is 11.2 Å². The molecular formula is C15H25NO2S. The van der Waals surface area contributed by atoms with E-state index in [1.54, 1.807) is 14.2 Å². The molecule has 0 amide bonds. The minimum absolute atomic E-state index is 0.0195. The maximum absolute atomic E-state index is 6.24. The summed E-state index contributed by atoms with van der Waals surface area (Å²) in [4.78, 5) is 0. The fourth-order valence-electron chi connectivity index (χ4n) is 1.63. The molecule has 0 heterocycles. The Morgan fingerprint density at radius 2 is 1.74 bits per heavy atom. The molecule has 19 heavy (non-hydrogen) atoms. The van der Waals surface area contributed by atoms with Crippen LogP contribution in [0, 0.1) is 5.92 Å². The molecule has 0 radical (unpaired) electrons. The van der Waals surface area contributed by atoms with E-state index in [4.69, 9.17) is 15.2 Å². The summed E-state index contributed by atoms with van der Waals surface area (Å²) < 4.78 is 10.5. The highest BCUT2D eigenvalue weighted by atomic mass is 32.2. The molecule has 108 valence electrons. The lowest BCUT2D eigenvalue weighted by Gasteiger charge is -2.19. The summed E-state index contributed by atoms with van der Waals surface area (Å²) in [6.07, 6.45) is 0. The summed E-state index contributed by atoms with van der Waals surface area (Å²) in [5.41, 5.74) is 7.33. The normalized spacial score (nSPS) is 14.3. The van der Waals surface area contributed by atoms with E-state index in [-0.39, 0.29) is 6.04 Å². The van der Waals surface area contributed by atoms with Gasteiger partial charge in [0, 0.05) is 17.0 Å². The number of benzene rings is 1. The molecule has 0 saturated heterocycles. The lowest BCUT2D eigenvalue weighted by Crippen LogP contribution is -2.16. The Morgan fingerprint density at radius 1 is 1.11 bits per heavy atom. The van der Waals surface area contributed by atoms with Gasteiger partial charge < -0.3 is 15.2 Å². The van der Waals surface area contributed by atoms with Gasteiger partial charge in [-0.05, 0) is 23.6 Å². The molecular weight excluding hydrogens is 258 g/mol. The zero-order valence-electron chi connectivity index (χ0n) is 12.5. The Kier molecular flexibility index (Phi) is 6.52. The molecule has 0 aliphatic heterocycles. The van der Waals surface area contributed by atoms with Crippen molar-refractivity contribution in [3.63, 3.8) is 0 Å². The highest BCUT2D eigenvalue weighted by molar-refractivity contribution is 7.99. The number of ether oxygens (including phenoxy) is 2. The van der Waals surface area contributed by atoms with Gasteiger partial charge in [0.15, 0.2) is 11.5 Å². The fourth-order valence-corrected chi connectivity index (χ4v) is 2.72. The average molecular weight is 283 g/mol. The van der Waals surface area contributed by atoms with Crippen molar-refractivity contribution in [1.82, 2.24) is 0 Å². The highest BCUT2D eigenvalue weighted by Crippen LogP contribution is 2.31. The first-order valence-corrected chi connectivity index (χ1v) is 7.63. The van der Waals surface area contributed by atoms with Gasteiger partial charge in [0.25, 0.3) is 0 Å². The molecule has 0 fully saturated rings. The van der Waals surface area contributed by atoms with Gasteiger partial charge in [-0.3, -0.25) is 0 Å². The van der Waals surface area contributed by atoms with Crippen LogP contribution < -0.4 is 15.2 Å². The van der Waals surface area contributed by atoms with Crippen LogP contribution in [0.15, 0.2) is 18.2 Å². The van der Waals surface area contributed by atoms with Crippen LogP contribution in [-0.4, -0.2) is 25.2 Å². The molecule has 2 unspecified atom stereocenters. The lowest BCUT2D eigenvalue weighted by atomic mass is 10.1. The zero-order chi connectivity index (χ0) is 14.4. The first-order chi connectivity index (χ1) is 8.99. The van der Waals surface area contributed by atoms with Crippen molar-refractivity contribution >= 4 is 11.8 Å². The predicted molar refractivity (Wildman–Crippen MR) is 83.2 cm³/mol. The van der Waals surface area contributed by atoms with Crippen molar-refractivity contribution in [2.75, 3.05) is 20.0 Å². The van der Waals surface area contributed by atoms with Crippen LogP contribution in [-0.2, 0) is 0 Å². The second-order valence-electron chi connectivity index (χ2n) is 5.00. The molecule has 2 N–H and O–H groups in total. The van der Waals surface area contributed by atoms with E-state index in [0.717, 1.165) is 22.8 Å². The van der Waals surface area contributed by atoms with E-state index in [1.165, 1.54) is 0 Å². The molecule has 3 nitrogen and oxygen atoms in total.